The minimum Gasteiger partial charge on any atom is -0.444 e. The van der Waals surface area contributed by atoms with Crippen LogP contribution in [0.3, 0.4) is 0 Å². The maximum Gasteiger partial charge on any atom is 0.417 e. The van der Waals surface area contributed by atoms with Crippen LogP contribution in [0.4, 0.5) is 99.0 Å². The van der Waals surface area contributed by atoms with Gasteiger partial charge in [-0.2, -0.15) is 54.8 Å². The Kier molecular flexibility index (Phi) is 26.0. The normalized spacial score (nSPS) is 20.1. The number of carbonyl (C=O) groups excluding carboxylic acids is 7. The van der Waals surface area contributed by atoms with E-state index in [0.29, 0.717) is 35.9 Å². The van der Waals surface area contributed by atoms with Crippen molar-refractivity contribution in [1.29, 1.82) is 0 Å². The first kappa shape index (κ1) is 82.1. The first-order chi connectivity index (χ1) is 49.3. The number of urea groups is 1. The number of alkyl halides is 13. The number of anilines is 4. The lowest BCUT2D eigenvalue weighted by molar-refractivity contribution is -0.170. The van der Waals surface area contributed by atoms with Crippen molar-refractivity contribution in [3.63, 3.8) is 0 Å². The summed E-state index contributed by atoms with van der Waals surface area (Å²) in [5.41, 5.74) is 0.929. The van der Waals surface area contributed by atoms with Gasteiger partial charge in [-0.05, 0) is 121 Å². The summed E-state index contributed by atoms with van der Waals surface area (Å²) in [5, 5.41) is 19.7. The largest absolute Gasteiger partial charge is 0.444 e. The summed E-state index contributed by atoms with van der Waals surface area (Å²) in [4.78, 5) is 97.6. The molecule has 40 heteroatoms. The van der Waals surface area contributed by atoms with Crippen LogP contribution in [-0.2, 0) is 63.1 Å². The van der Waals surface area contributed by atoms with E-state index in [-0.39, 0.29) is 67.5 Å². The maximum absolute atomic E-state index is 13.1. The lowest BCUT2D eigenvalue weighted by Gasteiger charge is -2.36. The number of nitrogens with one attached hydrogen (secondary N) is 3. The van der Waals surface area contributed by atoms with E-state index in [4.69, 9.17) is 14.2 Å². The van der Waals surface area contributed by atoms with Gasteiger partial charge < -0.3 is 39.5 Å². The number of rotatable bonds is 7. The van der Waals surface area contributed by atoms with Gasteiger partial charge in [0.15, 0.2) is 0 Å². The summed E-state index contributed by atoms with van der Waals surface area (Å²) in [6.07, 6.45) is -14.8. The van der Waals surface area contributed by atoms with Crippen molar-refractivity contribution in [3.8, 4) is 5.75 Å². The Bertz CT molecular complexity index is 4110. The smallest absolute Gasteiger partial charge is 0.417 e. The third-order valence-corrected chi connectivity index (χ3v) is 17.7. The number of hydrogen-bond donors (Lipinski definition) is 3. The van der Waals surface area contributed by atoms with Crippen LogP contribution in [0, 0.1) is 21.3 Å². The van der Waals surface area contributed by atoms with E-state index in [1.807, 2.05) is 45.5 Å². The van der Waals surface area contributed by atoms with E-state index in [1.165, 1.54) is 40.5 Å². The number of halogens is 14. The Balaban J connectivity index is 0.000000175. The zero-order valence-electron chi connectivity index (χ0n) is 58.4. The van der Waals surface area contributed by atoms with Gasteiger partial charge in [-0.3, -0.25) is 53.5 Å². The van der Waals surface area contributed by atoms with Gasteiger partial charge in [0.2, 0.25) is 17.7 Å². The second-order valence-electron chi connectivity index (χ2n) is 27.3. The molecule has 1 aromatic carbocycles. The predicted octanol–water partition coefficient (Wildman–Crippen LogP) is 13.4. The molecule has 6 aromatic rings. The van der Waals surface area contributed by atoms with Crippen molar-refractivity contribution in [2.45, 2.75) is 182 Å². The van der Waals surface area contributed by atoms with Crippen molar-refractivity contribution >= 4 is 87.4 Å². The monoisotopic (exact) mass is 1630 g/mol. The van der Waals surface area contributed by atoms with Crippen molar-refractivity contribution in [1.82, 2.24) is 59.3 Å². The number of nitrogens with zero attached hydrogens (tertiary/aromatic N) is 13. The van der Waals surface area contributed by atoms with Gasteiger partial charge in [0.25, 0.3) is 12.9 Å². The van der Waals surface area contributed by atoms with Crippen molar-refractivity contribution in [2.24, 2.45) is 17.8 Å². The molecule has 578 valence electrons. The number of benzene rings is 1. The van der Waals surface area contributed by atoms with Gasteiger partial charge in [-0.25, -0.2) is 36.7 Å². The number of amides is 8. The molecule has 12 rings (SSSR count). The van der Waals surface area contributed by atoms with Gasteiger partial charge in [-0.15, -0.1) is 0 Å². The minimum absolute atomic E-state index is 0.0183. The SMILES string of the molecule is C[C@H]1Cn2ncc(I)c2CN1C(=O)OC(C)(C)C.C[C@H]1Cn2ncc(N3CC(C(F)(F)F)CC3=O)c2CN1C(=O)Nc1ccnc(C(F)F)c1.C[C@H]1Cn2ncc(N3CC(C(F)(F)F)CC3=O)c2CN1C(=O)OC(C)(C)C.O=C(Nc1ccnc(C(F)F)c1)Oc1ccccc1.O=C1CC(C(F)(F)F)CN1. The highest BCUT2D eigenvalue weighted by atomic mass is 127. The minimum atomic E-state index is -4.49. The van der Waals surface area contributed by atoms with Crippen molar-refractivity contribution in [2.75, 3.05) is 40.1 Å². The number of aromatic nitrogens is 8. The molecule has 6 aliphatic heterocycles. The van der Waals surface area contributed by atoms with Gasteiger partial charge >= 0.3 is 42.8 Å². The molecule has 106 heavy (non-hydrogen) atoms. The van der Waals surface area contributed by atoms with Crippen molar-refractivity contribution < 1.29 is 105 Å². The fourth-order valence-corrected chi connectivity index (χ4v) is 11.9. The number of hydrogen-bond acceptors (Lipinski definition) is 15. The van der Waals surface area contributed by atoms with E-state index in [1.54, 1.807) is 72.3 Å². The highest BCUT2D eigenvalue weighted by Gasteiger charge is 2.50. The third-order valence-electron chi connectivity index (χ3n) is 16.8. The Labute approximate surface area is 611 Å². The summed E-state index contributed by atoms with van der Waals surface area (Å²) in [6, 6.07) is 12.3. The molecule has 0 spiro atoms. The van der Waals surface area contributed by atoms with Gasteiger partial charge in [0.1, 0.15) is 28.3 Å². The fourth-order valence-electron chi connectivity index (χ4n) is 11.4. The van der Waals surface area contributed by atoms with Crippen LogP contribution in [-0.4, -0.2) is 164 Å². The molecule has 0 aliphatic carbocycles. The summed E-state index contributed by atoms with van der Waals surface area (Å²) in [7, 11) is 0. The number of pyridine rings is 2. The summed E-state index contributed by atoms with van der Waals surface area (Å²) in [6.45, 7) is 17.4. The lowest BCUT2D eigenvalue weighted by atomic mass is 10.1. The molecule has 0 bridgehead atoms. The average molecular weight is 1630 g/mol. The van der Waals surface area contributed by atoms with Crippen molar-refractivity contribution in [3.05, 3.63) is 118 Å². The molecule has 3 N–H and O–H groups in total. The van der Waals surface area contributed by atoms with Crippen LogP contribution in [0.15, 0.2) is 85.6 Å². The second kappa shape index (κ2) is 33.5. The molecule has 3 fully saturated rings. The molecule has 8 amide bonds. The van der Waals surface area contributed by atoms with E-state index in [0.717, 1.165) is 43.9 Å². The van der Waals surface area contributed by atoms with Crippen LogP contribution >= 0.6 is 22.6 Å². The molecular weight excluding hydrogens is 1550 g/mol. The average Bonchev–Trinajstić information content (AvgIpc) is 1.62. The van der Waals surface area contributed by atoms with Gasteiger partial charge in [0.05, 0.1) is 126 Å². The van der Waals surface area contributed by atoms with Gasteiger partial charge in [0, 0.05) is 62.7 Å². The number of para-hydroxylation sites is 1. The standard InChI is InChI=1S/C19H19F5N6O2.C17H23F3N4O3.C13H10F2N2O2.C12H18IN3O2.C5H6F3NO/c1-10-7-30-15(14(6-26-30)29-8-11(4-16(29)31)19(22,23)24)9-28(10)18(32)27-12-2-3-25-13(5-12)17(20)21;1-10-7-24-13(9-22(10)15(26)27-16(2,3)4)12(6-21-24)23-8-11(5-14(23)25)17(18,19)20;14-12(15)11-8-9(6-7-16-11)17-13(18)19-10-4-2-1-3-5-10;1-8-6-16-10(9(13)5-14-16)7-15(8)11(17)18-12(2,3)4;6-5(7,8)3-1-4(10)9-2-3/h2-3,5-6,10-11,17H,4,7-9H2,1H3,(H,25,27,32);6,10-11H,5,7-9H2,1-4H3;1-8,12H,(H,16,17,18);5,8H,6-7H2,1-4H3;3H,1-2H2,(H,9,10)/t2*10-,11?;;8-;/m00.0./s1. The molecule has 3 unspecified atom stereocenters. The first-order valence-electron chi connectivity index (χ1n) is 32.8. The molecule has 5 aromatic heterocycles. The first-order valence-corrected chi connectivity index (χ1v) is 33.9. The third kappa shape index (κ3) is 21.8. The quantitative estimate of drug-likeness (QED) is 0.0989. The summed E-state index contributed by atoms with van der Waals surface area (Å²) in [5.74, 6) is -6.32. The molecule has 26 nitrogen and oxygen atoms in total. The van der Waals surface area contributed by atoms with E-state index in [2.05, 4.69) is 63.8 Å². The molecule has 0 saturated carbocycles. The van der Waals surface area contributed by atoms with Gasteiger partial charge in [-0.1, -0.05) is 18.2 Å². The number of ether oxygens (including phenoxy) is 3. The Hall–Kier alpha value is -9.54. The summed E-state index contributed by atoms with van der Waals surface area (Å²) >= 11 is 2.25. The van der Waals surface area contributed by atoms with E-state index < -0.39 is 140 Å². The molecule has 0 radical (unpaired) electrons. The zero-order chi connectivity index (χ0) is 78.3. The summed E-state index contributed by atoms with van der Waals surface area (Å²) < 4.78 is 186. The lowest BCUT2D eigenvalue weighted by Crippen LogP contribution is -2.47. The molecule has 6 aliphatic rings. The Morgan fingerprint density at radius 1 is 0.538 bits per heavy atom. The highest BCUT2D eigenvalue weighted by molar-refractivity contribution is 14.1. The molecular formula is C66H76F13IN16O10. The van der Waals surface area contributed by atoms with E-state index >= 15 is 0 Å². The Morgan fingerprint density at radius 2 is 0.943 bits per heavy atom. The molecule has 6 atom stereocenters. The van der Waals surface area contributed by atoms with Crippen LogP contribution in [0.25, 0.3) is 0 Å². The fraction of sp³-hybridized carbons (Fsp3) is 0.515. The Morgan fingerprint density at radius 3 is 1.34 bits per heavy atom. The topological polar surface area (TPSA) is 279 Å². The maximum atomic E-state index is 13.1. The highest BCUT2D eigenvalue weighted by Crippen LogP contribution is 2.41. The predicted molar refractivity (Wildman–Crippen MR) is 361 cm³/mol. The number of fused-ring (bicyclic) bond motifs is 3. The van der Waals surface area contributed by atoms with E-state index in [9.17, 15) is 90.6 Å². The zero-order valence-corrected chi connectivity index (χ0v) is 60.5. The molecule has 11 heterocycles. The van der Waals surface area contributed by atoms with Crippen LogP contribution in [0.2, 0.25) is 0 Å². The second-order valence-corrected chi connectivity index (χ2v) is 28.4. The van der Waals surface area contributed by atoms with Crippen LogP contribution in [0.5, 0.6) is 5.75 Å². The number of carbonyl (C=O) groups is 7. The molecule has 3 saturated heterocycles. The van der Waals surface area contributed by atoms with Crippen LogP contribution in [0.1, 0.15) is 123 Å². The van der Waals surface area contributed by atoms with Crippen LogP contribution < -0.4 is 30.5 Å².